The Balaban J connectivity index is 1.63. The van der Waals surface area contributed by atoms with Gasteiger partial charge >= 0.3 is 6.18 Å². The van der Waals surface area contributed by atoms with Gasteiger partial charge in [0.05, 0.1) is 18.4 Å². The first-order valence-corrected chi connectivity index (χ1v) is 10.3. The van der Waals surface area contributed by atoms with Gasteiger partial charge < -0.3 is 23.8 Å². The lowest BCUT2D eigenvalue weighted by Gasteiger charge is -2.34. The van der Waals surface area contributed by atoms with Crippen LogP contribution in [0.4, 0.5) is 18.9 Å². The third-order valence-electron chi connectivity index (χ3n) is 4.81. The molecule has 1 aliphatic rings. The van der Waals surface area contributed by atoms with Crippen LogP contribution in [-0.4, -0.2) is 68.6 Å². The Hall–Kier alpha value is -3.19. The summed E-state index contributed by atoms with van der Waals surface area (Å²) in [7, 11) is 1.34. The van der Waals surface area contributed by atoms with Crippen LogP contribution in [0.5, 0.6) is 5.75 Å². The highest BCUT2D eigenvalue weighted by Gasteiger charge is 2.32. The number of methoxy groups -OCH3 is 1. The van der Waals surface area contributed by atoms with Crippen molar-refractivity contribution in [3.63, 3.8) is 0 Å². The van der Waals surface area contributed by atoms with Crippen molar-refractivity contribution in [1.29, 1.82) is 0 Å². The largest absolute Gasteiger partial charge is 0.755 e. The second kappa shape index (κ2) is 9.53. The number of benzene rings is 1. The van der Waals surface area contributed by atoms with E-state index < -0.39 is 28.9 Å². The van der Waals surface area contributed by atoms with Gasteiger partial charge in [-0.15, -0.1) is 0 Å². The molecule has 1 atom stereocenters. The second-order valence-corrected chi connectivity index (χ2v) is 7.44. The van der Waals surface area contributed by atoms with E-state index in [0.29, 0.717) is 6.20 Å². The number of piperazine rings is 1. The number of hydrogen-bond acceptors (Lipinski definition) is 6. The van der Waals surface area contributed by atoms with Crippen LogP contribution < -0.4 is 9.46 Å². The molecular formula is C19H18F3N4O5S-. The van der Waals surface area contributed by atoms with E-state index in [-0.39, 0.29) is 54.8 Å². The molecule has 0 aliphatic carbocycles. The van der Waals surface area contributed by atoms with Crippen LogP contribution in [-0.2, 0) is 17.4 Å². The topological polar surface area (TPSA) is 115 Å². The maximum Gasteiger partial charge on any atom is 0.417 e. The number of hydrogen-bond donors (Lipinski definition) is 1. The molecule has 32 heavy (non-hydrogen) atoms. The minimum Gasteiger partial charge on any atom is -0.755 e. The highest BCUT2D eigenvalue weighted by Crippen LogP contribution is 2.29. The predicted octanol–water partition coefficient (Wildman–Crippen LogP) is 1.91. The lowest BCUT2D eigenvalue weighted by molar-refractivity contribution is -0.137. The molecule has 3 rings (SSSR count). The van der Waals surface area contributed by atoms with Crippen LogP contribution >= 0.6 is 0 Å². The van der Waals surface area contributed by atoms with Crippen molar-refractivity contribution in [1.82, 2.24) is 14.8 Å². The van der Waals surface area contributed by atoms with E-state index in [0.717, 1.165) is 12.1 Å². The summed E-state index contributed by atoms with van der Waals surface area (Å²) in [5, 5.41) is 0. The first-order chi connectivity index (χ1) is 15.1. The van der Waals surface area contributed by atoms with Crippen molar-refractivity contribution in [3.8, 4) is 5.75 Å². The summed E-state index contributed by atoms with van der Waals surface area (Å²) in [5.74, 6) is -0.686. The van der Waals surface area contributed by atoms with E-state index in [2.05, 4.69) is 9.71 Å². The smallest absolute Gasteiger partial charge is 0.417 e. The second-order valence-electron chi connectivity index (χ2n) is 6.77. The van der Waals surface area contributed by atoms with Gasteiger partial charge in [-0.25, -0.2) is 0 Å². The lowest BCUT2D eigenvalue weighted by Crippen LogP contribution is -2.50. The predicted molar refractivity (Wildman–Crippen MR) is 107 cm³/mol. The van der Waals surface area contributed by atoms with Crippen molar-refractivity contribution in [2.75, 3.05) is 38.0 Å². The van der Waals surface area contributed by atoms with Gasteiger partial charge in [-0.05, 0) is 30.3 Å². The van der Waals surface area contributed by atoms with E-state index in [4.69, 9.17) is 4.74 Å². The van der Waals surface area contributed by atoms with Gasteiger partial charge in [0.2, 0.25) is 0 Å². The van der Waals surface area contributed by atoms with Crippen molar-refractivity contribution in [2.45, 2.75) is 6.18 Å². The fourth-order valence-electron chi connectivity index (χ4n) is 3.14. The fourth-order valence-corrected chi connectivity index (χ4v) is 3.49. The molecule has 1 N–H and O–H groups in total. The molecule has 1 aromatic carbocycles. The van der Waals surface area contributed by atoms with Crippen LogP contribution in [0.2, 0.25) is 0 Å². The van der Waals surface area contributed by atoms with Crippen molar-refractivity contribution < 1.29 is 36.3 Å². The van der Waals surface area contributed by atoms with Crippen molar-refractivity contribution in [3.05, 3.63) is 53.3 Å². The molecule has 2 heterocycles. The molecule has 1 aromatic heterocycles. The first kappa shape index (κ1) is 23.5. The molecule has 0 saturated carbocycles. The van der Waals surface area contributed by atoms with Gasteiger partial charge in [0.25, 0.3) is 11.8 Å². The lowest BCUT2D eigenvalue weighted by atomic mass is 10.1. The first-order valence-electron chi connectivity index (χ1n) is 9.26. The zero-order chi connectivity index (χ0) is 23.5. The molecule has 9 nitrogen and oxygen atoms in total. The molecule has 2 aromatic rings. The number of ether oxygens (including phenoxy) is 1. The van der Waals surface area contributed by atoms with Crippen molar-refractivity contribution in [2.24, 2.45) is 0 Å². The number of pyridine rings is 1. The van der Waals surface area contributed by atoms with Gasteiger partial charge in [-0.1, -0.05) is 0 Å². The Morgan fingerprint density at radius 3 is 2.22 bits per heavy atom. The molecule has 1 aliphatic heterocycles. The number of carbonyl (C=O) groups excluding carboxylic acids is 2. The summed E-state index contributed by atoms with van der Waals surface area (Å²) in [5.41, 5.74) is -0.603. The van der Waals surface area contributed by atoms with Gasteiger partial charge in [-0.2, -0.15) is 13.2 Å². The minimum atomic E-state index is -4.54. The highest BCUT2D eigenvalue weighted by atomic mass is 32.2. The number of anilines is 1. The van der Waals surface area contributed by atoms with Gasteiger partial charge in [0.1, 0.15) is 11.4 Å². The summed E-state index contributed by atoms with van der Waals surface area (Å²) in [6.07, 6.45) is -3.93. The molecule has 0 spiro atoms. The quantitative estimate of drug-likeness (QED) is 0.667. The maximum atomic E-state index is 12.8. The van der Waals surface area contributed by atoms with Gasteiger partial charge in [0, 0.05) is 49.2 Å². The van der Waals surface area contributed by atoms with Crippen LogP contribution in [0.3, 0.4) is 0 Å². The maximum absolute atomic E-state index is 12.8. The summed E-state index contributed by atoms with van der Waals surface area (Å²) in [6.45, 7) is 0.772. The van der Waals surface area contributed by atoms with Crippen LogP contribution in [0.15, 0.2) is 36.5 Å². The molecule has 1 fully saturated rings. The molecule has 172 valence electrons. The summed E-state index contributed by atoms with van der Waals surface area (Å²) in [4.78, 5) is 31.8. The van der Waals surface area contributed by atoms with Crippen molar-refractivity contribution >= 4 is 28.8 Å². The number of nitrogens with one attached hydrogen (secondary N) is 1. The normalized spacial score (nSPS) is 15.3. The fraction of sp³-hybridized carbons (Fsp3) is 0.316. The molecule has 0 radical (unpaired) electrons. The Kier molecular flexibility index (Phi) is 6.99. The molecule has 1 unspecified atom stereocenters. The Morgan fingerprint density at radius 1 is 1.09 bits per heavy atom. The number of carbonyl (C=O) groups is 2. The number of aromatic nitrogens is 1. The van der Waals surface area contributed by atoms with Crippen LogP contribution in [0.1, 0.15) is 26.4 Å². The third kappa shape index (κ3) is 5.34. The Labute approximate surface area is 183 Å². The molecule has 1 saturated heterocycles. The summed E-state index contributed by atoms with van der Waals surface area (Å²) < 4.78 is 66.9. The Morgan fingerprint density at radius 2 is 1.72 bits per heavy atom. The average molecular weight is 471 g/mol. The Bertz CT molecular complexity index is 1020. The third-order valence-corrected chi connectivity index (χ3v) is 5.19. The SMILES string of the molecule is COc1cc(C(=O)N2CCN(C(=O)c3ccc(C(F)(F)F)cn3)CC2)ccc1NS(=O)[O-]. The van der Waals surface area contributed by atoms with Crippen LogP contribution in [0, 0.1) is 0 Å². The van der Waals surface area contributed by atoms with E-state index in [9.17, 15) is 31.5 Å². The average Bonchev–Trinajstić information content (AvgIpc) is 2.77. The molecular weight excluding hydrogens is 453 g/mol. The number of halogens is 3. The molecule has 2 amide bonds. The van der Waals surface area contributed by atoms with E-state index in [1.165, 1.54) is 35.1 Å². The standard InChI is InChI=1S/C19H19F3N4O5S/c1-31-16-10-12(2-4-14(16)24-32(29)30)17(27)25-6-8-26(9-7-25)18(28)15-5-3-13(11-23-15)19(20,21)22/h2-5,10-11,24H,6-9H2,1H3,(H,29,30)/p-1. The number of amides is 2. The number of rotatable bonds is 5. The monoisotopic (exact) mass is 471 g/mol. The zero-order valence-electron chi connectivity index (χ0n) is 16.7. The van der Waals surface area contributed by atoms with E-state index in [1.807, 2.05) is 0 Å². The number of alkyl halides is 3. The van der Waals surface area contributed by atoms with Crippen LogP contribution in [0.25, 0.3) is 0 Å². The molecule has 0 bridgehead atoms. The summed E-state index contributed by atoms with van der Waals surface area (Å²) >= 11 is -2.55. The summed E-state index contributed by atoms with van der Waals surface area (Å²) in [6, 6.07) is 6.08. The van der Waals surface area contributed by atoms with E-state index >= 15 is 0 Å². The van der Waals surface area contributed by atoms with E-state index in [1.54, 1.807) is 0 Å². The zero-order valence-corrected chi connectivity index (χ0v) is 17.5. The minimum absolute atomic E-state index is 0.110. The van der Waals surface area contributed by atoms with Gasteiger partial charge in [-0.3, -0.25) is 18.8 Å². The highest BCUT2D eigenvalue weighted by molar-refractivity contribution is 7.80. The van der Waals surface area contributed by atoms with Gasteiger partial charge in [0.15, 0.2) is 0 Å². The molecule has 13 heteroatoms. The number of nitrogens with zero attached hydrogens (tertiary/aromatic N) is 3.